The quantitative estimate of drug-likeness (QED) is 0.218. The van der Waals surface area contributed by atoms with E-state index < -0.39 is 23.9 Å². The van der Waals surface area contributed by atoms with Gasteiger partial charge in [-0.2, -0.15) is 0 Å². The average molecular weight is 276 g/mol. The second kappa shape index (κ2) is 10.6. The lowest BCUT2D eigenvalue weighted by Gasteiger charge is -2.12. The van der Waals surface area contributed by atoms with Crippen LogP contribution < -0.4 is 11.5 Å². The molecule has 0 aliphatic rings. The van der Waals surface area contributed by atoms with Gasteiger partial charge in [-0.1, -0.05) is 0 Å². The number of carbonyl (C=O) groups is 3. The van der Waals surface area contributed by atoms with Crippen molar-refractivity contribution in [3.05, 3.63) is 0 Å². The van der Waals surface area contributed by atoms with Gasteiger partial charge in [0.2, 0.25) is 0 Å². The van der Waals surface area contributed by atoms with Crippen molar-refractivity contribution in [3.63, 3.8) is 0 Å². The molecule has 1 unspecified atom stereocenters. The Labute approximate surface area is 111 Å². The van der Waals surface area contributed by atoms with E-state index in [0.29, 0.717) is 19.4 Å². The van der Waals surface area contributed by atoms with Crippen molar-refractivity contribution < 1.29 is 29.0 Å². The van der Waals surface area contributed by atoms with E-state index in [2.05, 4.69) is 0 Å². The lowest BCUT2D eigenvalue weighted by molar-refractivity contribution is -0.139. The number of carboxylic acid groups (broad SMARTS) is 1. The third kappa shape index (κ3) is 8.38. The third-order valence-corrected chi connectivity index (χ3v) is 2.25. The average Bonchev–Trinajstić information content (AvgIpc) is 2.39. The SMILES string of the molecule is NCCOCCOC(C=O)C(=O)CC[C@H](N)C(=O)O. The third-order valence-electron chi connectivity index (χ3n) is 2.25. The summed E-state index contributed by atoms with van der Waals surface area (Å²) in [5, 5.41) is 8.55. The number of rotatable bonds is 12. The van der Waals surface area contributed by atoms with Crippen molar-refractivity contribution in [1.82, 2.24) is 0 Å². The first kappa shape index (κ1) is 17.6. The number of hydrogen-bond acceptors (Lipinski definition) is 7. The molecule has 0 fully saturated rings. The highest BCUT2D eigenvalue weighted by atomic mass is 16.5. The number of nitrogens with two attached hydrogens (primary N) is 2. The highest BCUT2D eigenvalue weighted by Crippen LogP contribution is 2.02. The molecular weight excluding hydrogens is 256 g/mol. The van der Waals surface area contributed by atoms with Gasteiger partial charge in [-0.25, -0.2) is 0 Å². The Bertz CT molecular complexity index is 297. The molecule has 0 aromatic heterocycles. The standard InChI is InChI=1S/C11H20N2O6/c12-3-4-18-5-6-19-10(7-14)9(15)2-1-8(13)11(16)17/h7-8,10H,1-6,12-13H2,(H,16,17)/t8-,10?/m0/s1. The van der Waals surface area contributed by atoms with Crippen molar-refractivity contribution >= 4 is 18.0 Å². The van der Waals surface area contributed by atoms with Gasteiger partial charge >= 0.3 is 5.97 Å². The molecule has 19 heavy (non-hydrogen) atoms. The molecule has 8 nitrogen and oxygen atoms in total. The minimum absolute atomic E-state index is 0.0362. The molecule has 0 aliphatic heterocycles. The fourth-order valence-electron chi connectivity index (χ4n) is 1.19. The van der Waals surface area contributed by atoms with Crippen LogP contribution >= 0.6 is 0 Å². The van der Waals surface area contributed by atoms with Crippen molar-refractivity contribution in [3.8, 4) is 0 Å². The van der Waals surface area contributed by atoms with Crippen molar-refractivity contribution in [2.24, 2.45) is 11.5 Å². The largest absolute Gasteiger partial charge is 0.480 e. The van der Waals surface area contributed by atoms with Gasteiger partial charge in [0.05, 0.1) is 19.8 Å². The number of hydrogen-bond donors (Lipinski definition) is 3. The molecule has 110 valence electrons. The van der Waals surface area contributed by atoms with Crippen LogP contribution in [-0.4, -0.2) is 61.7 Å². The van der Waals surface area contributed by atoms with Gasteiger partial charge in [-0.05, 0) is 6.42 Å². The summed E-state index contributed by atoms with van der Waals surface area (Å²) in [7, 11) is 0. The van der Waals surface area contributed by atoms with Crippen LogP contribution in [0.3, 0.4) is 0 Å². The molecule has 0 aromatic rings. The first-order valence-electron chi connectivity index (χ1n) is 5.88. The van der Waals surface area contributed by atoms with E-state index in [1.54, 1.807) is 0 Å². The Morgan fingerprint density at radius 2 is 1.95 bits per heavy atom. The normalized spacial score (nSPS) is 13.8. The van der Waals surface area contributed by atoms with Crippen LogP contribution in [0.4, 0.5) is 0 Å². The van der Waals surface area contributed by atoms with Crippen LogP contribution in [0.1, 0.15) is 12.8 Å². The number of aldehydes is 1. The Hall–Kier alpha value is -1.35. The number of carbonyl (C=O) groups excluding carboxylic acids is 2. The van der Waals surface area contributed by atoms with Gasteiger partial charge in [0.1, 0.15) is 6.04 Å². The monoisotopic (exact) mass is 276 g/mol. The van der Waals surface area contributed by atoms with Gasteiger partial charge in [0.15, 0.2) is 18.2 Å². The van der Waals surface area contributed by atoms with Crippen molar-refractivity contribution in [1.29, 1.82) is 0 Å². The lowest BCUT2D eigenvalue weighted by atomic mass is 10.1. The summed E-state index contributed by atoms with van der Waals surface area (Å²) >= 11 is 0. The molecule has 0 amide bonds. The topological polar surface area (TPSA) is 142 Å². The second-order valence-electron chi connectivity index (χ2n) is 3.78. The predicted molar refractivity (Wildman–Crippen MR) is 65.5 cm³/mol. The van der Waals surface area contributed by atoms with E-state index in [1.165, 1.54) is 0 Å². The van der Waals surface area contributed by atoms with Gasteiger partial charge in [-0.15, -0.1) is 0 Å². The molecule has 0 saturated heterocycles. The van der Waals surface area contributed by atoms with Crippen LogP contribution in [0.2, 0.25) is 0 Å². The summed E-state index contributed by atoms with van der Waals surface area (Å²) in [6.07, 6.45) is -0.994. The summed E-state index contributed by atoms with van der Waals surface area (Å²) < 4.78 is 10.0. The zero-order valence-corrected chi connectivity index (χ0v) is 10.6. The number of ketones is 1. The minimum Gasteiger partial charge on any atom is -0.480 e. The molecule has 0 aromatic carbocycles. The number of aliphatic carboxylic acids is 1. The molecule has 0 saturated carbocycles. The fraction of sp³-hybridized carbons (Fsp3) is 0.727. The maximum absolute atomic E-state index is 11.6. The summed E-state index contributed by atoms with van der Waals surface area (Å²) in [5.41, 5.74) is 10.4. The van der Waals surface area contributed by atoms with Crippen molar-refractivity contribution in [2.75, 3.05) is 26.4 Å². The highest BCUT2D eigenvalue weighted by molar-refractivity contribution is 5.96. The summed E-state index contributed by atoms with van der Waals surface area (Å²) in [5.74, 6) is -1.68. The van der Waals surface area contributed by atoms with Crippen LogP contribution in [0.5, 0.6) is 0 Å². The van der Waals surface area contributed by atoms with Gasteiger partial charge in [0.25, 0.3) is 0 Å². The second-order valence-corrected chi connectivity index (χ2v) is 3.78. The summed E-state index contributed by atoms with van der Waals surface area (Å²) in [6, 6.07) is -1.12. The van der Waals surface area contributed by atoms with Gasteiger partial charge in [0, 0.05) is 13.0 Å². The zero-order chi connectivity index (χ0) is 14.7. The van der Waals surface area contributed by atoms with Crippen LogP contribution in [0, 0.1) is 0 Å². The number of carboxylic acids is 1. The molecule has 0 heterocycles. The van der Waals surface area contributed by atoms with Gasteiger partial charge in [-0.3, -0.25) is 14.4 Å². The van der Waals surface area contributed by atoms with E-state index >= 15 is 0 Å². The molecule has 0 spiro atoms. The molecule has 0 bridgehead atoms. The Morgan fingerprint density at radius 3 is 2.47 bits per heavy atom. The zero-order valence-electron chi connectivity index (χ0n) is 10.6. The smallest absolute Gasteiger partial charge is 0.320 e. The van der Waals surface area contributed by atoms with Crippen LogP contribution in [-0.2, 0) is 23.9 Å². The first-order valence-corrected chi connectivity index (χ1v) is 5.88. The highest BCUT2D eigenvalue weighted by Gasteiger charge is 2.20. The summed E-state index contributed by atoms with van der Waals surface area (Å²) in [4.78, 5) is 32.7. The van der Waals surface area contributed by atoms with E-state index in [1.807, 2.05) is 0 Å². The summed E-state index contributed by atoms with van der Waals surface area (Å²) in [6.45, 7) is 1.06. The number of Topliss-reactive ketones (excluding diaryl/α,β-unsaturated/α-hetero) is 1. The Balaban J connectivity index is 3.91. The fourth-order valence-corrected chi connectivity index (χ4v) is 1.19. The molecule has 2 atom stereocenters. The maximum atomic E-state index is 11.6. The molecule has 0 aliphatic carbocycles. The maximum Gasteiger partial charge on any atom is 0.320 e. The van der Waals surface area contributed by atoms with Crippen LogP contribution in [0.15, 0.2) is 0 Å². The van der Waals surface area contributed by atoms with Crippen molar-refractivity contribution in [2.45, 2.75) is 25.0 Å². The molecule has 5 N–H and O–H groups in total. The molecule has 8 heteroatoms. The van der Waals surface area contributed by atoms with E-state index in [0.717, 1.165) is 0 Å². The first-order chi connectivity index (χ1) is 9.02. The Morgan fingerprint density at radius 1 is 1.26 bits per heavy atom. The minimum atomic E-state index is -1.21. The molecular formula is C11H20N2O6. The molecule has 0 radical (unpaired) electrons. The van der Waals surface area contributed by atoms with E-state index in [9.17, 15) is 14.4 Å². The lowest BCUT2D eigenvalue weighted by Crippen LogP contribution is -2.33. The predicted octanol–water partition coefficient (Wildman–Crippen LogP) is -1.69. The van der Waals surface area contributed by atoms with Crippen LogP contribution in [0.25, 0.3) is 0 Å². The van der Waals surface area contributed by atoms with Gasteiger partial charge < -0.3 is 26.0 Å². The molecule has 0 rings (SSSR count). The number of ether oxygens (including phenoxy) is 2. The van der Waals surface area contributed by atoms with E-state index in [4.69, 9.17) is 26.0 Å². The Kier molecular flexibility index (Phi) is 9.81. The van der Waals surface area contributed by atoms with E-state index in [-0.39, 0.29) is 26.1 Å².